The van der Waals surface area contributed by atoms with Gasteiger partial charge in [0.05, 0.1) is 17.7 Å². The number of H-pyrrole nitrogens is 1. The van der Waals surface area contributed by atoms with Crippen LogP contribution >= 0.6 is 22.9 Å². The van der Waals surface area contributed by atoms with E-state index >= 15 is 0 Å². The molecule has 0 saturated carbocycles. The number of carbonyl (C=O) groups is 3. The maximum absolute atomic E-state index is 12.8. The Bertz CT molecular complexity index is 1390. The predicted molar refractivity (Wildman–Crippen MR) is 133 cm³/mol. The van der Waals surface area contributed by atoms with Crippen LogP contribution in [0.3, 0.4) is 0 Å². The largest absolute Gasteiger partial charge is 0.464 e. The van der Waals surface area contributed by atoms with Crippen molar-refractivity contribution in [2.24, 2.45) is 0 Å². The van der Waals surface area contributed by atoms with E-state index in [2.05, 4.69) is 15.6 Å². The van der Waals surface area contributed by atoms with Crippen molar-refractivity contribution in [3.63, 3.8) is 0 Å². The monoisotopic (exact) mass is 493 g/mol. The standard InChI is InChI=1S/C25H20ClN3O4S/c1-33-25(32)22(13-17-5-3-11-34-17)29-24(31)19-8-7-15(12-20(19)26)23(30)28-14-16-4-2-6-21-18(16)9-10-27-21/h2-13,27H,14H2,1H3,(H,28,30)(H,29,31). The lowest BCUT2D eigenvalue weighted by Gasteiger charge is -2.11. The van der Waals surface area contributed by atoms with Gasteiger partial charge in [-0.3, -0.25) is 9.59 Å². The molecule has 0 radical (unpaired) electrons. The van der Waals surface area contributed by atoms with Crippen LogP contribution in [0.15, 0.2) is 71.9 Å². The van der Waals surface area contributed by atoms with E-state index in [1.54, 1.807) is 6.07 Å². The maximum Gasteiger partial charge on any atom is 0.354 e. The second-order valence-electron chi connectivity index (χ2n) is 7.25. The number of fused-ring (bicyclic) bond motifs is 1. The average molecular weight is 494 g/mol. The summed E-state index contributed by atoms with van der Waals surface area (Å²) in [7, 11) is 1.23. The second-order valence-corrected chi connectivity index (χ2v) is 8.64. The third-order valence-electron chi connectivity index (χ3n) is 5.08. The average Bonchev–Trinajstić information content (AvgIpc) is 3.53. The Morgan fingerprint density at radius 3 is 2.68 bits per heavy atom. The van der Waals surface area contributed by atoms with Gasteiger partial charge < -0.3 is 20.4 Å². The van der Waals surface area contributed by atoms with Gasteiger partial charge in [-0.15, -0.1) is 11.3 Å². The van der Waals surface area contributed by atoms with Gasteiger partial charge in [-0.25, -0.2) is 4.79 Å². The van der Waals surface area contributed by atoms with Gasteiger partial charge in [0.15, 0.2) is 0 Å². The zero-order chi connectivity index (χ0) is 24.1. The predicted octanol–water partition coefficient (Wildman–Crippen LogP) is 4.76. The van der Waals surface area contributed by atoms with Crippen molar-refractivity contribution in [3.8, 4) is 0 Å². The topological polar surface area (TPSA) is 100 Å². The number of methoxy groups -OCH3 is 1. The first kappa shape index (κ1) is 23.3. The molecule has 0 unspecified atom stereocenters. The third-order valence-corrected chi connectivity index (χ3v) is 6.22. The van der Waals surface area contributed by atoms with E-state index in [-0.39, 0.29) is 22.2 Å². The summed E-state index contributed by atoms with van der Waals surface area (Å²) in [6.45, 7) is 0.337. The van der Waals surface area contributed by atoms with Gasteiger partial charge in [-0.2, -0.15) is 0 Å². The number of rotatable bonds is 7. The molecule has 0 aliphatic carbocycles. The van der Waals surface area contributed by atoms with Crippen molar-refractivity contribution in [2.75, 3.05) is 7.11 Å². The number of esters is 1. The molecule has 2 aromatic carbocycles. The molecule has 2 amide bonds. The number of ether oxygens (including phenoxy) is 1. The lowest BCUT2D eigenvalue weighted by Crippen LogP contribution is -2.28. The zero-order valence-corrected chi connectivity index (χ0v) is 19.6. The molecule has 0 saturated heterocycles. The van der Waals surface area contributed by atoms with E-state index in [9.17, 15) is 14.4 Å². The van der Waals surface area contributed by atoms with Gasteiger partial charge in [0.2, 0.25) is 0 Å². The van der Waals surface area contributed by atoms with E-state index in [1.165, 1.54) is 42.7 Å². The van der Waals surface area contributed by atoms with Crippen molar-refractivity contribution in [2.45, 2.75) is 6.54 Å². The molecule has 0 bridgehead atoms. The molecular formula is C25H20ClN3O4S. The van der Waals surface area contributed by atoms with Gasteiger partial charge in [0.1, 0.15) is 5.70 Å². The minimum absolute atomic E-state index is 0.0215. The summed E-state index contributed by atoms with van der Waals surface area (Å²) < 4.78 is 4.76. The highest BCUT2D eigenvalue weighted by Gasteiger charge is 2.18. The minimum Gasteiger partial charge on any atom is -0.464 e. The number of hydrogen-bond acceptors (Lipinski definition) is 5. The minimum atomic E-state index is -0.689. The van der Waals surface area contributed by atoms with Gasteiger partial charge in [-0.1, -0.05) is 29.8 Å². The van der Waals surface area contributed by atoms with E-state index in [1.807, 2.05) is 41.9 Å². The summed E-state index contributed by atoms with van der Waals surface area (Å²) in [6, 6.07) is 15.8. The van der Waals surface area contributed by atoms with Crippen LogP contribution in [0.25, 0.3) is 17.0 Å². The summed E-state index contributed by atoms with van der Waals surface area (Å²) in [5, 5.41) is 8.37. The number of amides is 2. The first-order valence-corrected chi connectivity index (χ1v) is 11.5. The van der Waals surface area contributed by atoms with Crippen LogP contribution in [0.5, 0.6) is 0 Å². The molecular weight excluding hydrogens is 474 g/mol. The van der Waals surface area contributed by atoms with Crippen molar-refractivity contribution in [1.82, 2.24) is 15.6 Å². The first-order chi connectivity index (χ1) is 16.5. The summed E-state index contributed by atoms with van der Waals surface area (Å²) in [6.07, 6.45) is 3.37. The zero-order valence-electron chi connectivity index (χ0n) is 18.1. The highest BCUT2D eigenvalue weighted by molar-refractivity contribution is 7.10. The summed E-state index contributed by atoms with van der Waals surface area (Å²) in [4.78, 5) is 41.4. The van der Waals surface area contributed by atoms with Gasteiger partial charge in [0, 0.05) is 34.1 Å². The number of benzene rings is 2. The fraction of sp³-hybridized carbons (Fsp3) is 0.0800. The molecule has 2 heterocycles. The summed E-state index contributed by atoms with van der Waals surface area (Å²) >= 11 is 7.72. The summed E-state index contributed by atoms with van der Waals surface area (Å²) in [5.41, 5.74) is 2.37. The van der Waals surface area contributed by atoms with Crippen LogP contribution in [0, 0.1) is 0 Å². The van der Waals surface area contributed by atoms with Crippen LogP contribution in [0.1, 0.15) is 31.2 Å². The molecule has 0 aliphatic heterocycles. The SMILES string of the molecule is COC(=O)C(=Cc1cccs1)NC(=O)c1ccc(C(=O)NCc2cccc3[nH]ccc23)cc1Cl. The highest BCUT2D eigenvalue weighted by atomic mass is 35.5. The Morgan fingerprint density at radius 1 is 1.09 bits per heavy atom. The summed E-state index contributed by atoms with van der Waals surface area (Å²) in [5.74, 6) is -1.61. The van der Waals surface area contributed by atoms with E-state index in [4.69, 9.17) is 16.3 Å². The Balaban J connectivity index is 1.46. The molecule has 0 aliphatic rings. The Hall–Kier alpha value is -3.88. The number of aromatic nitrogens is 1. The lowest BCUT2D eigenvalue weighted by atomic mass is 10.1. The fourth-order valence-electron chi connectivity index (χ4n) is 3.38. The molecule has 0 fully saturated rings. The number of aromatic amines is 1. The van der Waals surface area contributed by atoms with E-state index in [0.29, 0.717) is 12.1 Å². The molecule has 7 nitrogen and oxygen atoms in total. The molecule has 4 rings (SSSR count). The van der Waals surface area contributed by atoms with Crippen LogP contribution in [-0.2, 0) is 16.1 Å². The van der Waals surface area contributed by atoms with Crippen molar-refractivity contribution < 1.29 is 19.1 Å². The Labute approximate surface area is 204 Å². The van der Waals surface area contributed by atoms with Crippen molar-refractivity contribution in [1.29, 1.82) is 0 Å². The number of thiophene rings is 1. The Kier molecular flexibility index (Phi) is 7.10. The normalized spacial score (nSPS) is 11.3. The number of halogens is 1. The van der Waals surface area contributed by atoms with Gasteiger partial charge >= 0.3 is 5.97 Å². The van der Waals surface area contributed by atoms with Crippen LogP contribution in [0.4, 0.5) is 0 Å². The lowest BCUT2D eigenvalue weighted by molar-refractivity contribution is -0.136. The smallest absolute Gasteiger partial charge is 0.354 e. The maximum atomic E-state index is 12.8. The fourth-order valence-corrected chi connectivity index (χ4v) is 4.31. The van der Waals surface area contributed by atoms with E-state index in [0.717, 1.165) is 21.3 Å². The molecule has 9 heteroatoms. The quantitative estimate of drug-likeness (QED) is 0.255. The number of nitrogens with one attached hydrogen (secondary N) is 3. The van der Waals surface area contributed by atoms with Gasteiger partial charge in [-0.05, 0) is 53.4 Å². The van der Waals surface area contributed by atoms with Crippen molar-refractivity contribution in [3.05, 3.63) is 98.5 Å². The Morgan fingerprint density at radius 2 is 1.94 bits per heavy atom. The molecule has 172 valence electrons. The number of hydrogen-bond donors (Lipinski definition) is 3. The molecule has 0 atom stereocenters. The first-order valence-electron chi connectivity index (χ1n) is 10.2. The van der Waals surface area contributed by atoms with Crippen LogP contribution in [-0.4, -0.2) is 29.9 Å². The van der Waals surface area contributed by atoms with Crippen LogP contribution in [0.2, 0.25) is 5.02 Å². The second kappa shape index (κ2) is 10.4. The van der Waals surface area contributed by atoms with Crippen LogP contribution < -0.4 is 10.6 Å². The van der Waals surface area contributed by atoms with Gasteiger partial charge in [0.25, 0.3) is 11.8 Å². The number of carbonyl (C=O) groups excluding carboxylic acids is 3. The molecule has 3 N–H and O–H groups in total. The molecule has 34 heavy (non-hydrogen) atoms. The van der Waals surface area contributed by atoms with Crippen molar-refractivity contribution >= 4 is 57.7 Å². The molecule has 4 aromatic rings. The molecule has 2 aromatic heterocycles. The third kappa shape index (κ3) is 5.19. The molecule has 0 spiro atoms. The van der Waals surface area contributed by atoms with E-state index < -0.39 is 11.9 Å². The highest BCUT2D eigenvalue weighted by Crippen LogP contribution is 2.21.